The van der Waals surface area contributed by atoms with Gasteiger partial charge in [0.05, 0.1) is 26.4 Å². The molecule has 0 aliphatic carbocycles. The highest BCUT2D eigenvalue weighted by Gasteiger charge is 2.31. The summed E-state index contributed by atoms with van der Waals surface area (Å²) >= 11 is 0. The lowest BCUT2D eigenvalue weighted by molar-refractivity contribution is -0.161. The molecule has 5 atom stereocenters. The second-order valence-electron chi connectivity index (χ2n) is 33.3. The molecule has 0 heterocycles. The van der Waals surface area contributed by atoms with Gasteiger partial charge in [0.2, 0.25) is 0 Å². The number of phosphoric acid groups is 2. The van der Waals surface area contributed by atoms with Gasteiger partial charge in [0.1, 0.15) is 19.3 Å². The summed E-state index contributed by atoms with van der Waals surface area (Å²) in [5.41, 5.74) is 0. The standard InChI is InChI=1S/C90H176O17P2/c1-7-9-11-13-15-17-19-21-23-25-27-29-31-33-35-37-39-43-47-54-60-66-72-87(92)100-78-85(106-89(94)74-68-62-56-48-44-40-38-36-34-32-30-28-26-24-22-20-18-16-14-12-10-8-2)80-104-108(96,97)102-76-84(91)77-103-109(98,99)105-81-86(79-101-88(93)73-67-61-55-51-50-53-59-65-71-83(5)6)107-90(95)75-69-63-57-49-45-41-42-46-52-58-64-70-82(3)4/h82-86,91H,7-81H2,1-6H3,(H,96,97)(H,98,99)/t84-,85-,86-/m1/s1. The summed E-state index contributed by atoms with van der Waals surface area (Å²) in [5, 5.41) is 10.7. The molecule has 0 bridgehead atoms. The van der Waals surface area contributed by atoms with Crippen LogP contribution in [0.1, 0.15) is 485 Å². The third-order valence-electron chi connectivity index (χ3n) is 21.2. The molecule has 0 spiro atoms. The summed E-state index contributed by atoms with van der Waals surface area (Å²) in [7, 11) is -9.93. The topological polar surface area (TPSA) is 237 Å². The molecule has 0 amide bonds. The quantitative estimate of drug-likeness (QED) is 0.0222. The fourth-order valence-corrected chi connectivity index (χ4v) is 15.7. The van der Waals surface area contributed by atoms with E-state index in [0.29, 0.717) is 25.7 Å². The van der Waals surface area contributed by atoms with Crippen molar-refractivity contribution in [1.29, 1.82) is 0 Å². The van der Waals surface area contributed by atoms with Crippen LogP contribution in [0, 0.1) is 11.8 Å². The van der Waals surface area contributed by atoms with E-state index in [1.54, 1.807) is 0 Å². The number of aliphatic hydroxyl groups is 1. The minimum Gasteiger partial charge on any atom is -0.462 e. The van der Waals surface area contributed by atoms with E-state index in [1.807, 2.05) is 0 Å². The van der Waals surface area contributed by atoms with Crippen molar-refractivity contribution in [2.45, 2.75) is 503 Å². The lowest BCUT2D eigenvalue weighted by Crippen LogP contribution is -2.30. The third kappa shape index (κ3) is 83.8. The van der Waals surface area contributed by atoms with Crippen LogP contribution < -0.4 is 0 Å². The van der Waals surface area contributed by atoms with Crippen molar-refractivity contribution in [1.82, 2.24) is 0 Å². The number of aliphatic hydroxyl groups excluding tert-OH is 1. The lowest BCUT2D eigenvalue weighted by Gasteiger charge is -2.21. The first kappa shape index (κ1) is 107. The molecular formula is C90H176O17P2. The normalized spacial score (nSPS) is 13.8. The molecule has 2 unspecified atom stereocenters. The van der Waals surface area contributed by atoms with Crippen LogP contribution in [0.25, 0.3) is 0 Å². The molecule has 0 saturated carbocycles. The SMILES string of the molecule is CCCCCCCCCCCCCCCCCCCCCCCCC(=O)OC[C@H](COP(=O)(O)OC[C@@H](O)COP(=O)(O)OC[C@@H](COC(=O)CCCCCCCCCCC(C)C)OC(=O)CCCCCCCCCCCCCC(C)C)OC(=O)CCCCCCCCCCCCCCCCCCCCCCCC. The Bertz CT molecular complexity index is 2080. The number of carbonyl (C=O) groups excluding carboxylic acids is 4. The van der Waals surface area contributed by atoms with E-state index < -0.39 is 97.5 Å². The highest BCUT2D eigenvalue weighted by molar-refractivity contribution is 7.47. The lowest BCUT2D eigenvalue weighted by atomic mass is 10.0. The highest BCUT2D eigenvalue weighted by atomic mass is 31.2. The van der Waals surface area contributed by atoms with Gasteiger partial charge < -0.3 is 33.8 Å². The number of carbonyl (C=O) groups is 4. The number of rotatable bonds is 89. The molecule has 0 aliphatic rings. The Balaban J connectivity index is 5.21. The first-order valence-electron chi connectivity index (χ1n) is 46.5. The maximum atomic E-state index is 13.2. The number of unbranched alkanes of at least 4 members (excludes halogenated alkanes) is 59. The maximum Gasteiger partial charge on any atom is 0.472 e. The van der Waals surface area contributed by atoms with E-state index in [-0.39, 0.29) is 25.7 Å². The number of esters is 4. The zero-order valence-electron chi connectivity index (χ0n) is 71.9. The molecule has 0 radical (unpaired) electrons. The molecule has 0 aromatic heterocycles. The summed E-state index contributed by atoms with van der Waals surface area (Å²) in [6, 6.07) is 0. The van der Waals surface area contributed by atoms with Gasteiger partial charge >= 0.3 is 39.5 Å². The van der Waals surface area contributed by atoms with E-state index in [2.05, 4.69) is 41.5 Å². The summed E-state index contributed by atoms with van der Waals surface area (Å²) in [6.07, 6.45) is 75.3. The Morgan fingerprint density at radius 2 is 0.422 bits per heavy atom. The summed E-state index contributed by atoms with van der Waals surface area (Å²) in [6.45, 7) is 9.65. The van der Waals surface area contributed by atoms with Crippen LogP contribution in [0.2, 0.25) is 0 Å². The van der Waals surface area contributed by atoms with E-state index in [4.69, 9.17) is 37.0 Å². The van der Waals surface area contributed by atoms with Gasteiger partial charge in [0.15, 0.2) is 12.2 Å². The molecule has 0 aromatic carbocycles. The molecule has 109 heavy (non-hydrogen) atoms. The van der Waals surface area contributed by atoms with Crippen molar-refractivity contribution < 1.29 is 80.2 Å². The molecule has 0 saturated heterocycles. The predicted octanol–water partition coefficient (Wildman–Crippen LogP) is 27.8. The van der Waals surface area contributed by atoms with Gasteiger partial charge in [-0.25, -0.2) is 9.13 Å². The Labute approximate surface area is 670 Å². The van der Waals surface area contributed by atoms with Crippen LogP contribution in [0.3, 0.4) is 0 Å². The first-order valence-corrected chi connectivity index (χ1v) is 49.5. The summed E-state index contributed by atoms with van der Waals surface area (Å²) in [5.74, 6) is -0.610. The molecule has 648 valence electrons. The van der Waals surface area contributed by atoms with Gasteiger partial charge in [-0.2, -0.15) is 0 Å². The molecule has 19 heteroatoms. The number of hydrogen-bond donors (Lipinski definition) is 3. The van der Waals surface area contributed by atoms with E-state index in [0.717, 1.165) is 102 Å². The van der Waals surface area contributed by atoms with Gasteiger partial charge in [-0.3, -0.25) is 37.3 Å². The zero-order chi connectivity index (χ0) is 79.9. The van der Waals surface area contributed by atoms with Crippen LogP contribution in [0.15, 0.2) is 0 Å². The van der Waals surface area contributed by atoms with Gasteiger partial charge in [0.25, 0.3) is 0 Å². The van der Waals surface area contributed by atoms with Crippen molar-refractivity contribution in [2.75, 3.05) is 39.6 Å². The van der Waals surface area contributed by atoms with Crippen LogP contribution >= 0.6 is 15.6 Å². The van der Waals surface area contributed by atoms with Gasteiger partial charge in [0, 0.05) is 25.7 Å². The average molecular weight is 1590 g/mol. The number of hydrogen-bond acceptors (Lipinski definition) is 15. The van der Waals surface area contributed by atoms with Crippen molar-refractivity contribution in [3.63, 3.8) is 0 Å². The summed E-state index contributed by atoms with van der Waals surface area (Å²) < 4.78 is 69.0. The summed E-state index contributed by atoms with van der Waals surface area (Å²) in [4.78, 5) is 73.3. The molecule has 17 nitrogen and oxygen atoms in total. The molecule has 0 fully saturated rings. The molecule has 3 N–H and O–H groups in total. The molecule has 0 aromatic rings. The minimum atomic E-state index is -4.97. The fourth-order valence-electron chi connectivity index (χ4n) is 14.1. The monoisotopic (exact) mass is 1590 g/mol. The van der Waals surface area contributed by atoms with Crippen LogP contribution in [0.4, 0.5) is 0 Å². The second-order valence-corrected chi connectivity index (χ2v) is 36.2. The third-order valence-corrected chi connectivity index (χ3v) is 23.1. The second kappa shape index (κ2) is 81.2. The van der Waals surface area contributed by atoms with Gasteiger partial charge in [-0.05, 0) is 37.5 Å². The van der Waals surface area contributed by atoms with Crippen molar-refractivity contribution >= 4 is 39.5 Å². The van der Waals surface area contributed by atoms with Crippen LogP contribution in [0.5, 0.6) is 0 Å². The van der Waals surface area contributed by atoms with Crippen LogP contribution in [-0.2, 0) is 65.4 Å². The Morgan fingerprint density at radius 1 is 0.248 bits per heavy atom. The Morgan fingerprint density at radius 3 is 0.624 bits per heavy atom. The smallest absolute Gasteiger partial charge is 0.462 e. The van der Waals surface area contributed by atoms with Gasteiger partial charge in [-0.1, -0.05) is 433 Å². The molecule has 0 aliphatic heterocycles. The Hall–Kier alpha value is -1.94. The largest absolute Gasteiger partial charge is 0.472 e. The fraction of sp³-hybridized carbons (Fsp3) is 0.956. The minimum absolute atomic E-state index is 0.106. The Kier molecular flexibility index (Phi) is 79.8. The average Bonchev–Trinajstić information content (AvgIpc) is 0.901. The molecular weight excluding hydrogens is 1410 g/mol. The molecule has 0 rings (SSSR count). The first-order chi connectivity index (χ1) is 52.9. The van der Waals surface area contributed by atoms with E-state index in [1.165, 1.54) is 302 Å². The van der Waals surface area contributed by atoms with Gasteiger partial charge in [-0.15, -0.1) is 0 Å². The van der Waals surface area contributed by atoms with Crippen LogP contribution in [-0.4, -0.2) is 96.7 Å². The van der Waals surface area contributed by atoms with Crippen molar-refractivity contribution in [3.05, 3.63) is 0 Å². The van der Waals surface area contributed by atoms with Crippen molar-refractivity contribution in [2.24, 2.45) is 11.8 Å². The highest BCUT2D eigenvalue weighted by Crippen LogP contribution is 2.45. The predicted molar refractivity (Wildman–Crippen MR) is 451 cm³/mol. The maximum absolute atomic E-state index is 13.2. The van der Waals surface area contributed by atoms with Crippen molar-refractivity contribution in [3.8, 4) is 0 Å². The number of phosphoric ester groups is 2. The zero-order valence-corrected chi connectivity index (χ0v) is 73.7. The van der Waals surface area contributed by atoms with E-state index >= 15 is 0 Å². The number of ether oxygens (including phenoxy) is 4. The van der Waals surface area contributed by atoms with E-state index in [9.17, 15) is 43.2 Å².